The summed E-state index contributed by atoms with van der Waals surface area (Å²) in [5, 5.41) is 1.01. The Morgan fingerprint density at radius 3 is 1.93 bits per heavy atom. The summed E-state index contributed by atoms with van der Waals surface area (Å²) in [5.74, 6) is 2.50. The van der Waals surface area contributed by atoms with Crippen LogP contribution in [0.5, 0.6) is 17.2 Å². The molecule has 0 fully saturated rings. The Morgan fingerprint density at radius 1 is 0.786 bits per heavy atom. The Morgan fingerprint density at radius 2 is 1.39 bits per heavy atom. The van der Waals surface area contributed by atoms with Crippen molar-refractivity contribution in [3.05, 3.63) is 83.4 Å². The van der Waals surface area contributed by atoms with E-state index in [1.807, 2.05) is 12.1 Å². The van der Waals surface area contributed by atoms with Crippen LogP contribution in [0.2, 0.25) is 5.32 Å². The molecule has 0 aromatic heterocycles. The van der Waals surface area contributed by atoms with Crippen molar-refractivity contribution >= 4 is 19.4 Å². The molecule has 3 nitrogen and oxygen atoms in total. The van der Waals surface area contributed by atoms with Crippen molar-refractivity contribution in [2.75, 3.05) is 21.3 Å². The molecule has 0 spiro atoms. The summed E-state index contributed by atoms with van der Waals surface area (Å²) in [6.07, 6.45) is 0. The van der Waals surface area contributed by atoms with E-state index in [0.717, 1.165) is 28.1 Å². The number of rotatable bonds is 8. The first-order valence-electron chi connectivity index (χ1n) is 9.20. The van der Waals surface area contributed by atoms with Gasteiger partial charge in [0.15, 0.2) is 0 Å². The molecule has 0 saturated carbocycles. The maximum atomic E-state index is 5.76. The van der Waals surface area contributed by atoms with Crippen LogP contribution in [0.25, 0.3) is 0 Å². The minimum atomic E-state index is 0.177. The number of aryl methyl sites for hydroxylation is 1. The number of methoxy groups -OCH3 is 3. The summed E-state index contributed by atoms with van der Waals surface area (Å²) in [6, 6.07) is 23.3. The van der Waals surface area contributed by atoms with Crippen LogP contribution in [0.15, 0.2) is 66.7 Å². The molecule has 0 aliphatic heterocycles. The molecule has 1 unspecified atom stereocenters. The molecular formula is C24H26O3Se. The Hall–Kier alpha value is -2.42. The number of hydrogen-bond acceptors (Lipinski definition) is 3. The van der Waals surface area contributed by atoms with Gasteiger partial charge in [-0.1, -0.05) is 0 Å². The van der Waals surface area contributed by atoms with Crippen molar-refractivity contribution in [1.29, 1.82) is 0 Å². The molecule has 4 heteroatoms. The van der Waals surface area contributed by atoms with Crippen LogP contribution in [0, 0.1) is 6.92 Å². The average Bonchev–Trinajstić information content (AvgIpc) is 2.75. The van der Waals surface area contributed by atoms with Gasteiger partial charge in [-0.05, 0) is 0 Å². The zero-order valence-electron chi connectivity index (χ0n) is 16.8. The molecular weight excluding hydrogens is 415 g/mol. The molecule has 146 valence electrons. The van der Waals surface area contributed by atoms with Gasteiger partial charge in [-0.2, -0.15) is 0 Å². The van der Waals surface area contributed by atoms with Crippen molar-refractivity contribution < 1.29 is 14.2 Å². The van der Waals surface area contributed by atoms with Crippen molar-refractivity contribution in [3.8, 4) is 17.2 Å². The third-order valence-electron chi connectivity index (χ3n) is 4.74. The third-order valence-corrected chi connectivity index (χ3v) is 7.06. The average molecular weight is 441 g/mol. The Labute approximate surface area is 173 Å². The second-order valence-corrected chi connectivity index (χ2v) is 8.83. The van der Waals surface area contributed by atoms with Crippen LogP contribution in [0.1, 0.15) is 22.6 Å². The van der Waals surface area contributed by atoms with Gasteiger partial charge in [0.1, 0.15) is 0 Å². The van der Waals surface area contributed by atoms with Gasteiger partial charge < -0.3 is 0 Å². The van der Waals surface area contributed by atoms with Crippen molar-refractivity contribution in [1.82, 2.24) is 0 Å². The fourth-order valence-corrected chi connectivity index (χ4v) is 5.46. The van der Waals surface area contributed by atoms with Gasteiger partial charge in [-0.15, -0.1) is 0 Å². The predicted molar refractivity (Wildman–Crippen MR) is 116 cm³/mol. The van der Waals surface area contributed by atoms with Crippen LogP contribution >= 0.6 is 0 Å². The van der Waals surface area contributed by atoms with Crippen LogP contribution in [0.4, 0.5) is 0 Å². The topological polar surface area (TPSA) is 27.7 Å². The second-order valence-electron chi connectivity index (χ2n) is 6.53. The van der Waals surface area contributed by atoms with Gasteiger partial charge in [-0.25, -0.2) is 0 Å². The SMILES string of the molecule is COc1cc(OC)c(C(C[Se]c2ccccc2)c2ccc(C)cc2)c(OC)c1. The zero-order chi connectivity index (χ0) is 19.9. The van der Waals surface area contributed by atoms with E-state index >= 15 is 0 Å². The second kappa shape index (κ2) is 9.68. The summed E-state index contributed by atoms with van der Waals surface area (Å²) in [6.45, 7) is 2.11. The van der Waals surface area contributed by atoms with E-state index in [1.54, 1.807) is 21.3 Å². The Balaban J connectivity index is 2.06. The summed E-state index contributed by atoms with van der Waals surface area (Å²) in [4.78, 5) is 0. The molecule has 0 heterocycles. The van der Waals surface area contributed by atoms with E-state index in [0.29, 0.717) is 15.0 Å². The fourth-order valence-electron chi connectivity index (χ4n) is 3.22. The van der Waals surface area contributed by atoms with E-state index in [2.05, 4.69) is 61.5 Å². The molecule has 3 aromatic rings. The fraction of sp³-hybridized carbons (Fsp3) is 0.250. The van der Waals surface area contributed by atoms with E-state index < -0.39 is 0 Å². The quantitative estimate of drug-likeness (QED) is 0.479. The Bertz CT molecular complexity index is 866. The Kier molecular flexibility index (Phi) is 7.02. The van der Waals surface area contributed by atoms with Crippen molar-refractivity contribution in [3.63, 3.8) is 0 Å². The molecule has 0 bridgehead atoms. The molecule has 1 atom stereocenters. The summed E-state index contributed by atoms with van der Waals surface area (Å²) in [5.41, 5.74) is 3.60. The molecule has 0 aliphatic carbocycles. The van der Waals surface area contributed by atoms with E-state index in [1.165, 1.54) is 15.6 Å². The van der Waals surface area contributed by atoms with Crippen LogP contribution < -0.4 is 18.7 Å². The van der Waals surface area contributed by atoms with Crippen LogP contribution in [0.3, 0.4) is 0 Å². The maximum absolute atomic E-state index is 5.76. The van der Waals surface area contributed by atoms with E-state index in [-0.39, 0.29) is 5.92 Å². The first-order valence-corrected chi connectivity index (χ1v) is 11.3. The van der Waals surface area contributed by atoms with Crippen molar-refractivity contribution in [2.24, 2.45) is 0 Å². The first kappa shape index (κ1) is 20.3. The van der Waals surface area contributed by atoms with Crippen molar-refractivity contribution in [2.45, 2.75) is 18.2 Å². The van der Waals surface area contributed by atoms with E-state index in [4.69, 9.17) is 14.2 Å². The van der Waals surface area contributed by atoms with Crippen LogP contribution in [-0.4, -0.2) is 36.3 Å². The summed E-state index contributed by atoms with van der Waals surface area (Å²) >= 11 is 0.326. The molecule has 0 amide bonds. The third kappa shape index (κ3) is 4.70. The molecule has 3 aromatic carbocycles. The van der Waals surface area contributed by atoms with Gasteiger partial charge in [0.2, 0.25) is 0 Å². The van der Waals surface area contributed by atoms with Gasteiger partial charge in [-0.3, -0.25) is 0 Å². The molecule has 28 heavy (non-hydrogen) atoms. The van der Waals surface area contributed by atoms with Gasteiger partial charge in [0.25, 0.3) is 0 Å². The number of benzene rings is 3. The number of ether oxygens (including phenoxy) is 3. The first-order chi connectivity index (χ1) is 13.7. The summed E-state index contributed by atoms with van der Waals surface area (Å²) in [7, 11) is 5.06. The zero-order valence-corrected chi connectivity index (χ0v) is 18.5. The molecule has 0 radical (unpaired) electrons. The van der Waals surface area contributed by atoms with Crippen LogP contribution in [-0.2, 0) is 0 Å². The number of hydrogen-bond donors (Lipinski definition) is 0. The molecule has 0 saturated heterocycles. The van der Waals surface area contributed by atoms with Gasteiger partial charge in [0.05, 0.1) is 0 Å². The molecule has 0 aliphatic rings. The van der Waals surface area contributed by atoms with Gasteiger partial charge in [0, 0.05) is 0 Å². The molecule has 0 N–H and O–H groups in total. The van der Waals surface area contributed by atoms with Gasteiger partial charge >= 0.3 is 174 Å². The summed E-state index contributed by atoms with van der Waals surface area (Å²) < 4.78 is 18.3. The van der Waals surface area contributed by atoms with E-state index in [9.17, 15) is 0 Å². The monoisotopic (exact) mass is 442 g/mol. The molecule has 3 rings (SSSR count). The normalized spacial score (nSPS) is 11.7. The minimum absolute atomic E-state index is 0.177. The predicted octanol–water partition coefficient (Wildman–Crippen LogP) is 4.60. The standard InChI is InChI=1S/C24H26O3Se/c1-17-10-12-18(13-11-17)21(16-28-20-8-6-5-7-9-20)24-22(26-3)14-19(25-2)15-23(24)27-4/h5-15,21H,16H2,1-4H3.